The number of methoxy groups -OCH3 is 1. The van der Waals surface area contributed by atoms with E-state index in [0.717, 1.165) is 37.2 Å². The molecule has 0 radical (unpaired) electrons. The molecule has 1 aliphatic rings. The summed E-state index contributed by atoms with van der Waals surface area (Å²) in [6.07, 6.45) is 7.10. The molecule has 1 amide bonds. The van der Waals surface area contributed by atoms with Gasteiger partial charge in [0.15, 0.2) is 11.5 Å². The van der Waals surface area contributed by atoms with Crippen LogP contribution >= 0.6 is 0 Å². The van der Waals surface area contributed by atoms with Gasteiger partial charge in [-0.15, -0.1) is 5.10 Å². The smallest absolute Gasteiger partial charge is 0.278 e. The second-order valence-corrected chi connectivity index (χ2v) is 6.71. The number of nitrogens with zero attached hydrogens (tertiary/aromatic N) is 5. The zero-order valence-corrected chi connectivity index (χ0v) is 15.4. The molecule has 0 unspecified atom stereocenters. The predicted molar refractivity (Wildman–Crippen MR) is 101 cm³/mol. The van der Waals surface area contributed by atoms with Gasteiger partial charge >= 0.3 is 0 Å². The van der Waals surface area contributed by atoms with Crippen molar-refractivity contribution in [3.8, 4) is 11.6 Å². The Bertz CT molecular complexity index is 893. The minimum atomic E-state index is -0.0422. The summed E-state index contributed by atoms with van der Waals surface area (Å²) in [7, 11) is 1.65. The molecule has 0 N–H and O–H groups in total. The van der Waals surface area contributed by atoms with E-state index in [4.69, 9.17) is 4.74 Å². The minimum Gasteiger partial charge on any atom is -0.497 e. The van der Waals surface area contributed by atoms with Crippen LogP contribution in [0.4, 0.5) is 0 Å². The molecule has 4 rings (SSSR count). The summed E-state index contributed by atoms with van der Waals surface area (Å²) in [4.78, 5) is 14.9. The van der Waals surface area contributed by atoms with Crippen LogP contribution in [-0.2, 0) is 6.54 Å². The van der Waals surface area contributed by atoms with Gasteiger partial charge in [-0.3, -0.25) is 4.79 Å². The highest BCUT2D eigenvalue weighted by atomic mass is 16.5. The molecule has 1 fully saturated rings. The van der Waals surface area contributed by atoms with E-state index in [1.54, 1.807) is 11.8 Å². The van der Waals surface area contributed by atoms with Gasteiger partial charge in [-0.05, 0) is 49.1 Å². The molecular formula is C20H23N5O2. The molecule has 1 aromatic carbocycles. The SMILES string of the molecule is COc1ccc(Cn2nnc(C(=O)N3CCCCC3)c2-n2cccc2)cc1. The zero-order chi connectivity index (χ0) is 18.6. The van der Waals surface area contributed by atoms with Crippen LogP contribution in [0.1, 0.15) is 35.3 Å². The van der Waals surface area contributed by atoms with Gasteiger partial charge in [0, 0.05) is 25.5 Å². The van der Waals surface area contributed by atoms with E-state index in [-0.39, 0.29) is 5.91 Å². The van der Waals surface area contributed by atoms with Crippen LogP contribution in [0, 0.1) is 0 Å². The second-order valence-electron chi connectivity index (χ2n) is 6.71. The summed E-state index contributed by atoms with van der Waals surface area (Å²) in [5, 5.41) is 8.55. The molecule has 0 spiro atoms. The lowest BCUT2D eigenvalue weighted by Crippen LogP contribution is -2.36. The molecule has 7 heteroatoms. The van der Waals surface area contributed by atoms with Crippen molar-refractivity contribution in [3.63, 3.8) is 0 Å². The predicted octanol–water partition coefficient (Wildman–Crippen LogP) is 2.75. The van der Waals surface area contributed by atoms with Crippen molar-refractivity contribution in [2.24, 2.45) is 0 Å². The fourth-order valence-electron chi connectivity index (χ4n) is 3.43. The fraction of sp³-hybridized carbons (Fsp3) is 0.350. The van der Waals surface area contributed by atoms with E-state index in [0.29, 0.717) is 18.1 Å². The number of hydrogen-bond acceptors (Lipinski definition) is 4. The first kappa shape index (κ1) is 17.3. The van der Waals surface area contributed by atoms with Crippen LogP contribution in [0.2, 0.25) is 0 Å². The molecule has 3 aromatic rings. The number of hydrogen-bond donors (Lipinski definition) is 0. The second kappa shape index (κ2) is 7.65. The maximum atomic E-state index is 13.0. The Kier molecular flexibility index (Phi) is 4.91. The number of piperidine rings is 1. The summed E-state index contributed by atoms with van der Waals surface area (Å²) >= 11 is 0. The Morgan fingerprint density at radius 1 is 1.07 bits per heavy atom. The standard InChI is InChI=1S/C20H23N5O2/c1-27-17-9-7-16(8-10-17)15-25-19(23-11-5-6-12-23)18(21-22-25)20(26)24-13-3-2-4-14-24/h5-12H,2-4,13-15H2,1H3. The van der Waals surface area contributed by atoms with Crippen molar-refractivity contribution in [2.75, 3.05) is 20.2 Å². The summed E-state index contributed by atoms with van der Waals surface area (Å²) in [6.45, 7) is 2.10. The lowest BCUT2D eigenvalue weighted by molar-refractivity contribution is 0.0718. The maximum Gasteiger partial charge on any atom is 0.278 e. The third kappa shape index (κ3) is 3.58. The molecule has 3 heterocycles. The average molecular weight is 365 g/mol. The molecule has 2 aromatic heterocycles. The van der Waals surface area contributed by atoms with Crippen LogP contribution < -0.4 is 4.74 Å². The number of aromatic nitrogens is 4. The Labute approximate surface area is 158 Å². The zero-order valence-electron chi connectivity index (χ0n) is 15.4. The average Bonchev–Trinajstić information content (AvgIpc) is 3.38. The van der Waals surface area contributed by atoms with Crippen LogP contribution in [0.5, 0.6) is 5.75 Å². The van der Waals surface area contributed by atoms with Crippen molar-refractivity contribution in [1.82, 2.24) is 24.5 Å². The molecule has 27 heavy (non-hydrogen) atoms. The normalized spacial score (nSPS) is 14.3. The van der Waals surface area contributed by atoms with Crippen LogP contribution in [-0.4, -0.2) is 50.6 Å². The van der Waals surface area contributed by atoms with E-state index >= 15 is 0 Å². The van der Waals surface area contributed by atoms with Gasteiger partial charge in [-0.25, -0.2) is 4.68 Å². The van der Waals surface area contributed by atoms with E-state index < -0.39 is 0 Å². The van der Waals surface area contributed by atoms with Gasteiger partial charge in [0.25, 0.3) is 5.91 Å². The molecule has 0 bridgehead atoms. The number of rotatable bonds is 5. The molecule has 0 atom stereocenters. The maximum absolute atomic E-state index is 13.0. The van der Waals surface area contributed by atoms with Gasteiger partial charge in [0.2, 0.25) is 0 Å². The van der Waals surface area contributed by atoms with Gasteiger partial charge in [0.1, 0.15) is 5.75 Å². The van der Waals surface area contributed by atoms with Crippen LogP contribution in [0.15, 0.2) is 48.8 Å². The summed E-state index contributed by atoms with van der Waals surface area (Å²) in [5.74, 6) is 1.47. The van der Waals surface area contributed by atoms with Crippen molar-refractivity contribution in [2.45, 2.75) is 25.8 Å². The lowest BCUT2D eigenvalue weighted by atomic mass is 10.1. The summed E-state index contributed by atoms with van der Waals surface area (Å²) in [5.41, 5.74) is 1.47. The first-order valence-electron chi connectivity index (χ1n) is 9.25. The Morgan fingerprint density at radius 3 is 2.44 bits per heavy atom. The first-order valence-corrected chi connectivity index (χ1v) is 9.25. The number of ether oxygens (including phenoxy) is 1. The monoisotopic (exact) mass is 365 g/mol. The Morgan fingerprint density at radius 2 is 1.78 bits per heavy atom. The van der Waals surface area contributed by atoms with Crippen molar-refractivity contribution < 1.29 is 9.53 Å². The van der Waals surface area contributed by atoms with Gasteiger partial charge < -0.3 is 14.2 Å². The van der Waals surface area contributed by atoms with E-state index in [9.17, 15) is 4.79 Å². The van der Waals surface area contributed by atoms with E-state index in [1.165, 1.54) is 6.42 Å². The minimum absolute atomic E-state index is 0.0422. The highest BCUT2D eigenvalue weighted by Gasteiger charge is 2.26. The van der Waals surface area contributed by atoms with Crippen molar-refractivity contribution in [3.05, 3.63) is 60.0 Å². The molecule has 0 saturated carbocycles. The fourth-order valence-corrected chi connectivity index (χ4v) is 3.43. The number of carbonyl (C=O) groups is 1. The highest BCUT2D eigenvalue weighted by Crippen LogP contribution is 2.20. The topological polar surface area (TPSA) is 65.2 Å². The number of amides is 1. The quantitative estimate of drug-likeness (QED) is 0.697. The largest absolute Gasteiger partial charge is 0.497 e. The van der Waals surface area contributed by atoms with Crippen LogP contribution in [0.3, 0.4) is 0 Å². The Hall–Kier alpha value is -3.09. The van der Waals surface area contributed by atoms with Crippen LogP contribution in [0.25, 0.3) is 5.82 Å². The number of benzene rings is 1. The third-order valence-corrected chi connectivity index (χ3v) is 4.90. The van der Waals surface area contributed by atoms with E-state index in [1.807, 2.05) is 58.3 Å². The number of carbonyl (C=O) groups excluding carboxylic acids is 1. The van der Waals surface area contributed by atoms with Gasteiger partial charge in [-0.1, -0.05) is 17.3 Å². The first-order chi connectivity index (χ1) is 13.3. The third-order valence-electron chi connectivity index (χ3n) is 4.90. The Balaban J connectivity index is 1.67. The molecular weight excluding hydrogens is 342 g/mol. The van der Waals surface area contributed by atoms with E-state index in [2.05, 4.69) is 10.3 Å². The molecule has 0 aliphatic carbocycles. The van der Waals surface area contributed by atoms with Gasteiger partial charge in [-0.2, -0.15) is 0 Å². The molecule has 1 saturated heterocycles. The van der Waals surface area contributed by atoms with Gasteiger partial charge in [0.05, 0.1) is 13.7 Å². The highest BCUT2D eigenvalue weighted by molar-refractivity contribution is 5.95. The van der Waals surface area contributed by atoms with Crippen molar-refractivity contribution in [1.29, 1.82) is 0 Å². The summed E-state index contributed by atoms with van der Waals surface area (Å²) in [6, 6.07) is 11.7. The molecule has 140 valence electrons. The van der Waals surface area contributed by atoms with Crippen molar-refractivity contribution >= 4 is 5.91 Å². The molecule has 7 nitrogen and oxygen atoms in total. The summed E-state index contributed by atoms with van der Waals surface area (Å²) < 4.78 is 8.90. The molecule has 1 aliphatic heterocycles. The lowest BCUT2D eigenvalue weighted by Gasteiger charge is -2.26. The number of likely N-dealkylation sites (tertiary alicyclic amines) is 1.